The van der Waals surface area contributed by atoms with Crippen molar-refractivity contribution < 1.29 is 4.79 Å². The summed E-state index contributed by atoms with van der Waals surface area (Å²) in [6.07, 6.45) is 6.49. The lowest BCUT2D eigenvalue weighted by Crippen LogP contribution is -2.39. The van der Waals surface area contributed by atoms with Crippen LogP contribution >= 0.6 is 0 Å². The summed E-state index contributed by atoms with van der Waals surface area (Å²) in [6, 6.07) is 3.90. The van der Waals surface area contributed by atoms with Gasteiger partial charge in [0.25, 0.3) is 0 Å². The summed E-state index contributed by atoms with van der Waals surface area (Å²) in [4.78, 5) is 18.0. The standard InChI is InChI=1S/C13H19N3O/c1-16(9-10-4-3-7-15-8-10)13(17)11-5-2-6-12(11)14/h3-4,7-8,11-12H,2,5-6,9,14H2,1H3. The van der Waals surface area contributed by atoms with Crippen LogP contribution < -0.4 is 5.73 Å². The van der Waals surface area contributed by atoms with E-state index in [-0.39, 0.29) is 17.9 Å². The Hall–Kier alpha value is -1.42. The maximum absolute atomic E-state index is 12.2. The van der Waals surface area contributed by atoms with Crippen LogP contribution in [0.25, 0.3) is 0 Å². The largest absolute Gasteiger partial charge is 0.341 e. The fourth-order valence-electron chi connectivity index (χ4n) is 2.42. The SMILES string of the molecule is CN(Cc1cccnc1)C(=O)C1CCCC1N. The maximum Gasteiger partial charge on any atom is 0.227 e. The van der Waals surface area contributed by atoms with E-state index in [2.05, 4.69) is 4.98 Å². The minimum atomic E-state index is 0.0108. The maximum atomic E-state index is 12.2. The molecule has 2 N–H and O–H groups in total. The number of carbonyl (C=O) groups is 1. The molecule has 2 rings (SSSR count). The number of aromatic nitrogens is 1. The van der Waals surface area contributed by atoms with E-state index >= 15 is 0 Å². The van der Waals surface area contributed by atoms with Gasteiger partial charge in [-0.25, -0.2) is 0 Å². The fraction of sp³-hybridized carbons (Fsp3) is 0.538. The van der Waals surface area contributed by atoms with Crippen molar-refractivity contribution in [2.45, 2.75) is 31.8 Å². The molecule has 0 radical (unpaired) electrons. The third-order valence-electron chi connectivity index (χ3n) is 3.41. The van der Waals surface area contributed by atoms with E-state index in [1.807, 2.05) is 19.2 Å². The molecule has 0 spiro atoms. The van der Waals surface area contributed by atoms with Crippen LogP contribution in [0.3, 0.4) is 0 Å². The van der Waals surface area contributed by atoms with Crippen molar-refractivity contribution in [2.24, 2.45) is 11.7 Å². The smallest absolute Gasteiger partial charge is 0.227 e. The van der Waals surface area contributed by atoms with Crippen LogP contribution in [0.1, 0.15) is 24.8 Å². The Morgan fingerprint density at radius 3 is 3.00 bits per heavy atom. The van der Waals surface area contributed by atoms with Crippen molar-refractivity contribution in [3.8, 4) is 0 Å². The van der Waals surface area contributed by atoms with Crippen molar-refractivity contribution in [3.05, 3.63) is 30.1 Å². The Labute approximate surface area is 102 Å². The number of hydrogen-bond donors (Lipinski definition) is 1. The van der Waals surface area contributed by atoms with Gasteiger partial charge in [-0.05, 0) is 24.5 Å². The summed E-state index contributed by atoms with van der Waals surface area (Å²) in [5.74, 6) is 0.176. The van der Waals surface area contributed by atoms with Gasteiger partial charge in [0.2, 0.25) is 5.91 Å². The molecule has 1 saturated carbocycles. The first-order chi connectivity index (χ1) is 8.18. The topological polar surface area (TPSA) is 59.2 Å². The van der Waals surface area contributed by atoms with Crippen molar-refractivity contribution in [2.75, 3.05) is 7.05 Å². The first-order valence-corrected chi connectivity index (χ1v) is 6.08. The lowest BCUT2D eigenvalue weighted by atomic mass is 10.0. The van der Waals surface area contributed by atoms with Gasteiger partial charge < -0.3 is 10.6 Å². The molecule has 0 aliphatic heterocycles. The highest BCUT2D eigenvalue weighted by Gasteiger charge is 2.32. The van der Waals surface area contributed by atoms with Crippen molar-refractivity contribution in [1.82, 2.24) is 9.88 Å². The first-order valence-electron chi connectivity index (χ1n) is 6.08. The number of pyridine rings is 1. The molecule has 0 saturated heterocycles. The van der Waals surface area contributed by atoms with Gasteiger partial charge in [0.15, 0.2) is 0 Å². The molecule has 4 nitrogen and oxygen atoms in total. The predicted octanol–water partition coefficient (Wildman–Crippen LogP) is 1.17. The van der Waals surface area contributed by atoms with Gasteiger partial charge in [0, 0.05) is 32.0 Å². The molecule has 92 valence electrons. The van der Waals surface area contributed by atoms with Gasteiger partial charge >= 0.3 is 0 Å². The molecule has 4 heteroatoms. The highest BCUT2D eigenvalue weighted by Crippen LogP contribution is 2.25. The molecule has 0 bridgehead atoms. The van der Waals surface area contributed by atoms with E-state index in [4.69, 9.17) is 5.73 Å². The molecule has 1 fully saturated rings. The quantitative estimate of drug-likeness (QED) is 0.852. The van der Waals surface area contributed by atoms with Crippen LogP contribution in [0.15, 0.2) is 24.5 Å². The van der Waals surface area contributed by atoms with E-state index in [9.17, 15) is 4.79 Å². The number of hydrogen-bond acceptors (Lipinski definition) is 3. The molecular formula is C13H19N3O. The summed E-state index contributed by atoms with van der Waals surface area (Å²) in [5, 5.41) is 0. The lowest BCUT2D eigenvalue weighted by molar-refractivity contribution is -0.134. The molecule has 1 heterocycles. The Bertz CT molecular complexity index is 380. The molecule has 2 unspecified atom stereocenters. The van der Waals surface area contributed by atoms with Gasteiger partial charge in [0.05, 0.1) is 5.92 Å². The zero-order chi connectivity index (χ0) is 12.3. The monoisotopic (exact) mass is 233 g/mol. The minimum absolute atomic E-state index is 0.0108. The van der Waals surface area contributed by atoms with Crippen LogP contribution in [-0.4, -0.2) is 28.9 Å². The summed E-state index contributed by atoms with van der Waals surface area (Å²) in [6.45, 7) is 0.607. The summed E-state index contributed by atoms with van der Waals surface area (Å²) in [7, 11) is 1.83. The number of amides is 1. The fourth-order valence-corrected chi connectivity index (χ4v) is 2.42. The third-order valence-corrected chi connectivity index (χ3v) is 3.41. The second-order valence-corrected chi connectivity index (χ2v) is 4.76. The molecule has 2 atom stereocenters. The van der Waals surface area contributed by atoms with Gasteiger partial charge in [-0.2, -0.15) is 0 Å². The Morgan fingerprint density at radius 2 is 2.41 bits per heavy atom. The van der Waals surface area contributed by atoms with Crippen molar-refractivity contribution in [1.29, 1.82) is 0 Å². The van der Waals surface area contributed by atoms with E-state index in [1.54, 1.807) is 17.3 Å². The first kappa shape index (κ1) is 12.0. The molecule has 1 aromatic rings. The number of nitrogens with two attached hydrogens (primary N) is 1. The van der Waals surface area contributed by atoms with E-state index in [0.717, 1.165) is 24.8 Å². The molecule has 0 aromatic carbocycles. The zero-order valence-corrected chi connectivity index (χ0v) is 10.2. The van der Waals surface area contributed by atoms with Gasteiger partial charge in [-0.15, -0.1) is 0 Å². The second-order valence-electron chi connectivity index (χ2n) is 4.76. The third kappa shape index (κ3) is 2.82. The van der Waals surface area contributed by atoms with Crippen LogP contribution in [0.2, 0.25) is 0 Å². The highest BCUT2D eigenvalue weighted by molar-refractivity contribution is 5.79. The summed E-state index contributed by atoms with van der Waals surface area (Å²) in [5.41, 5.74) is 7.00. The summed E-state index contributed by atoms with van der Waals surface area (Å²) >= 11 is 0. The van der Waals surface area contributed by atoms with E-state index in [0.29, 0.717) is 6.54 Å². The van der Waals surface area contributed by atoms with Crippen LogP contribution in [0.5, 0.6) is 0 Å². The molecule has 17 heavy (non-hydrogen) atoms. The van der Waals surface area contributed by atoms with E-state index in [1.165, 1.54) is 0 Å². The van der Waals surface area contributed by atoms with Gasteiger partial charge in [0.1, 0.15) is 0 Å². The normalized spacial score (nSPS) is 23.6. The Balaban J connectivity index is 1.96. The second kappa shape index (κ2) is 5.27. The predicted molar refractivity (Wildman–Crippen MR) is 66.0 cm³/mol. The van der Waals surface area contributed by atoms with Gasteiger partial charge in [-0.3, -0.25) is 9.78 Å². The molecule has 1 aliphatic carbocycles. The van der Waals surface area contributed by atoms with Crippen molar-refractivity contribution in [3.63, 3.8) is 0 Å². The number of rotatable bonds is 3. The Kier molecular flexibility index (Phi) is 3.74. The minimum Gasteiger partial charge on any atom is -0.341 e. The average Bonchev–Trinajstić information content (AvgIpc) is 2.76. The number of nitrogens with zero attached hydrogens (tertiary/aromatic N) is 2. The average molecular weight is 233 g/mol. The van der Waals surface area contributed by atoms with Crippen molar-refractivity contribution >= 4 is 5.91 Å². The van der Waals surface area contributed by atoms with Crippen LogP contribution in [-0.2, 0) is 11.3 Å². The Morgan fingerprint density at radius 1 is 1.59 bits per heavy atom. The molecule has 1 aliphatic rings. The van der Waals surface area contributed by atoms with Crippen LogP contribution in [0, 0.1) is 5.92 Å². The number of carbonyl (C=O) groups excluding carboxylic acids is 1. The molecule has 1 amide bonds. The molecular weight excluding hydrogens is 214 g/mol. The lowest BCUT2D eigenvalue weighted by Gasteiger charge is -2.23. The molecule has 1 aromatic heterocycles. The van der Waals surface area contributed by atoms with E-state index < -0.39 is 0 Å². The highest BCUT2D eigenvalue weighted by atomic mass is 16.2. The zero-order valence-electron chi connectivity index (χ0n) is 10.2. The van der Waals surface area contributed by atoms with Gasteiger partial charge in [-0.1, -0.05) is 12.5 Å². The summed E-state index contributed by atoms with van der Waals surface area (Å²) < 4.78 is 0. The van der Waals surface area contributed by atoms with Crippen LogP contribution in [0.4, 0.5) is 0 Å².